The van der Waals surface area contributed by atoms with Crippen molar-refractivity contribution in [3.63, 3.8) is 0 Å². The van der Waals surface area contributed by atoms with Gasteiger partial charge in [0, 0.05) is 65.2 Å². The fraction of sp³-hybridized carbons (Fsp3) is 0.915. The molecular formula is C94H179N5O4. The van der Waals surface area contributed by atoms with Gasteiger partial charge in [-0.3, -0.25) is 29.0 Å². The minimum Gasteiger partial charge on any atom is -0.314 e. The van der Waals surface area contributed by atoms with Crippen LogP contribution in [0.5, 0.6) is 0 Å². The Morgan fingerprint density at radius 1 is 0.233 bits per heavy atom. The van der Waals surface area contributed by atoms with Gasteiger partial charge in [0.25, 0.3) is 0 Å². The van der Waals surface area contributed by atoms with Gasteiger partial charge in [0.2, 0.25) is 23.6 Å². The normalized spacial score (nSPS) is 15.1. The minimum atomic E-state index is -0.309. The molecule has 604 valence electrons. The molecule has 9 nitrogen and oxygen atoms in total. The molecule has 2 saturated heterocycles. The third-order valence-corrected chi connectivity index (χ3v) is 23.2. The molecule has 3 N–H and O–H groups in total. The average Bonchev–Trinajstić information content (AvgIpc) is 1.71. The Labute approximate surface area is 642 Å². The highest BCUT2D eigenvalue weighted by atomic mass is 16.2. The molecule has 2 rings (SSSR count). The van der Waals surface area contributed by atoms with E-state index in [1.165, 1.54) is 446 Å². The summed E-state index contributed by atoms with van der Waals surface area (Å²) in [6.45, 7) is 9.62. The van der Waals surface area contributed by atoms with Gasteiger partial charge >= 0.3 is 0 Å². The van der Waals surface area contributed by atoms with Crippen LogP contribution in [0.1, 0.15) is 489 Å². The number of unbranched alkanes of at least 4 members (excludes halogenated alkanes) is 70. The molecule has 2 fully saturated rings. The highest BCUT2D eigenvalue weighted by Crippen LogP contribution is 2.25. The van der Waals surface area contributed by atoms with Gasteiger partial charge in [-0.15, -0.1) is 0 Å². The topological polar surface area (TPSA) is 111 Å². The standard InChI is InChI=1S/C94H179N5O4/c1-3-5-7-9-11-13-15-17-19-21-23-25-27-29-31-33-35-37-39-41-42-44-46-48-50-52-54-56-58-60-62-64-66-68-70-72-74-76-78-90-88-92(101)99(94(90)103)86-84-97-82-80-95-79-81-96-83-85-98-91(100)87-89(93(98)102)77-75-73-71-69-67-65-63-61-59-57-55-53-51-49-47-45-43-40-38-36-34-32-30-28-26-24-22-20-18-16-14-12-10-8-6-4-2/h75-78,89-90,95-97H,3-74,79-88H2,1-2H3. The fourth-order valence-electron chi connectivity index (χ4n) is 16.2. The molecule has 2 heterocycles. The van der Waals surface area contributed by atoms with Gasteiger partial charge in [-0.2, -0.15) is 0 Å². The van der Waals surface area contributed by atoms with Crippen molar-refractivity contribution in [3.8, 4) is 0 Å². The van der Waals surface area contributed by atoms with Crippen LogP contribution in [-0.4, -0.2) is 85.8 Å². The summed E-state index contributed by atoms with van der Waals surface area (Å²) in [5.41, 5.74) is 0. The van der Waals surface area contributed by atoms with Crippen LogP contribution in [0.2, 0.25) is 0 Å². The molecule has 9 heteroatoms. The van der Waals surface area contributed by atoms with Crippen LogP contribution < -0.4 is 16.0 Å². The molecule has 0 aromatic rings. The smallest absolute Gasteiger partial charge is 0.236 e. The molecule has 0 aromatic carbocycles. The Hall–Kier alpha value is -2.36. The quantitative estimate of drug-likeness (QED) is 0.0316. The summed E-state index contributed by atoms with van der Waals surface area (Å²) in [6.07, 6.45) is 111. The molecule has 0 spiro atoms. The second-order valence-electron chi connectivity index (χ2n) is 33.1. The van der Waals surface area contributed by atoms with E-state index in [-0.39, 0.29) is 35.5 Å². The van der Waals surface area contributed by atoms with E-state index in [9.17, 15) is 19.2 Å². The van der Waals surface area contributed by atoms with E-state index in [0.717, 1.165) is 51.9 Å². The molecule has 2 aliphatic rings. The predicted octanol–water partition coefficient (Wildman–Crippen LogP) is 27.7. The van der Waals surface area contributed by atoms with Crippen LogP contribution in [0.4, 0.5) is 0 Å². The maximum atomic E-state index is 13.0. The molecule has 0 radical (unpaired) electrons. The predicted molar refractivity (Wildman–Crippen MR) is 450 cm³/mol. The van der Waals surface area contributed by atoms with Crippen LogP contribution in [0.15, 0.2) is 24.3 Å². The number of allylic oxidation sites excluding steroid dienone is 2. The van der Waals surface area contributed by atoms with Crippen molar-refractivity contribution in [2.24, 2.45) is 11.8 Å². The zero-order valence-electron chi connectivity index (χ0n) is 69.5. The van der Waals surface area contributed by atoms with E-state index in [0.29, 0.717) is 39.0 Å². The van der Waals surface area contributed by atoms with Gasteiger partial charge in [0.05, 0.1) is 11.8 Å². The Kier molecular flexibility index (Phi) is 74.4. The summed E-state index contributed by atoms with van der Waals surface area (Å²) >= 11 is 0. The van der Waals surface area contributed by atoms with Crippen molar-refractivity contribution >= 4 is 23.6 Å². The summed E-state index contributed by atoms with van der Waals surface area (Å²) in [6, 6.07) is 0. The number of nitrogens with zero attached hydrogens (tertiary/aromatic N) is 2. The number of amides is 4. The molecule has 2 aliphatic heterocycles. The molecule has 4 amide bonds. The number of nitrogens with one attached hydrogen (secondary N) is 3. The van der Waals surface area contributed by atoms with E-state index >= 15 is 0 Å². The van der Waals surface area contributed by atoms with Gasteiger partial charge in [0.15, 0.2) is 0 Å². The van der Waals surface area contributed by atoms with Crippen molar-refractivity contribution in [2.75, 3.05) is 52.4 Å². The first kappa shape index (κ1) is 96.7. The van der Waals surface area contributed by atoms with Gasteiger partial charge in [0.1, 0.15) is 0 Å². The summed E-state index contributed by atoms with van der Waals surface area (Å²) in [5.74, 6) is -0.849. The Bertz CT molecular complexity index is 1870. The van der Waals surface area contributed by atoms with Crippen molar-refractivity contribution in [1.29, 1.82) is 0 Å². The first-order valence-electron chi connectivity index (χ1n) is 47.1. The molecular weight excluding hydrogens is 1260 g/mol. The Morgan fingerprint density at radius 2 is 0.388 bits per heavy atom. The number of rotatable bonds is 86. The van der Waals surface area contributed by atoms with Gasteiger partial charge in [-0.05, 0) is 25.7 Å². The highest BCUT2D eigenvalue weighted by Gasteiger charge is 2.37. The number of carbonyl (C=O) groups is 4. The lowest BCUT2D eigenvalue weighted by Crippen LogP contribution is -2.40. The molecule has 0 saturated carbocycles. The number of hydrogen-bond acceptors (Lipinski definition) is 7. The first-order chi connectivity index (χ1) is 51.0. The van der Waals surface area contributed by atoms with Crippen molar-refractivity contribution in [1.82, 2.24) is 25.8 Å². The fourth-order valence-corrected chi connectivity index (χ4v) is 16.2. The number of carbonyl (C=O) groups excluding carboxylic acids is 4. The summed E-state index contributed by atoms with van der Waals surface area (Å²) < 4.78 is 0. The van der Waals surface area contributed by atoms with E-state index in [1.807, 2.05) is 12.2 Å². The molecule has 2 unspecified atom stereocenters. The summed E-state index contributed by atoms with van der Waals surface area (Å²) in [7, 11) is 0. The molecule has 103 heavy (non-hydrogen) atoms. The van der Waals surface area contributed by atoms with Crippen molar-refractivity contribution < 1.29 is 19.2 Å². The monoisotopic (exact) mass is 1440 g/mol. The molecule has 0 aromatic heterocycles. The molecule has 2 atom stereocenters. The highest BCUT2D eigenvalue weighted by molar-refractivity contribution is 6.05. The van der Waals surface area contributed by atoms with Gasteiger partial charge in [-0.25, -0.2) is 0 Å². The van der Waals surface area contributed by atoms with Gasteiger partial charge in [-0.1, -0.05) is 475 Å². The van der Waals surface area contributed by atoms with E-state index in [2.05, 4.69) is 41.9 Å². The maximum absolute atomic E-state index is 13.0. The zero-order chi connectivity index (χ0) is 73.6. The lowest BCUT2D eigenvalue weighted by Gasteiger charge is -2.15. The van der Waals surface area contributed by atoms with E-state index in [4.69, 9.17) is 0 Å². The number of likely N-dealkylation sites (tertiary alicyclic amines) is 2. The van der Waals surface area contributed by atoms with Crippen LogP contribution in [0.25, 0.3) is 0 Å². The number of imide groups is 2. The lowest BCUT2D eigenvalue weighted by atomic mass is 10.0. The zero-order valence-corrected chi connectivity index (χ0v) is 69.5. The second kappa shape index (κ2) is 79.2. The van der Waals surface area contributed by atoms with Crippen molar-refractivity contribution in [2.45, 2.75) is 489 Å². The molecule has 0 aliphatic carbocycles. The minimum absolute atomic E-state index is 0.0549. The van der Waals surface area contributed by atoms with Crippen LogP contribution in [0, 0.1) is 11.8 Å². The van der Waals surface area contributed by atoms with Gasteiger partial charge < -0.3 is 16.0 Å². The average molecular weight is 1440 g/mol. The third kappa shape index (κ3) is 64.2. The first-order valence-corrected chi connectivity index (χ1v) is 47.1. The SMILES string of the molecule is CCCCCCCCCCCCCCCCCCCCCCCCCCCCCCCCCCCCC=CC1CC(=O)N(CCNCCNCCNCCN2C(=O)CC(C=CCCCCCCCCCCCCCCCCCCCCCCCCCCCCCCCCCCCCCC)C2=O)C1=O. The summed E-state index contributed by atoms with van der Waals surface area (Å²) in [4.78, 5) is 54.3. The largest absolute Gasteiger partial charge is 0.314 e. The third-order valence-electron chi connectivity index (χ3n) is 23.2. The van der Waals surface area contributed by atoms with Crippen LogP contribution in [0.3, 0.4) is 0 Å². The Morgan fingerprint density at radius 3 is 0.563 bits per heavy atom. The second-order valence-corrected chi connectivity index (χ2v) is 33.1. The summed E-state index contributed by atoms with van der Waals surface area (Å²) in [5, 5.41) is 10.1. The lowest BCUT2D eigenvalue weighted by molar-refractivity contribution is -0.140. The van der Waals surface area contributed by atoms with Crippen LogP contribution in [-0.2, 0) is 19.2 Å². The van der Waals surface area contributed by atoms with Crippen LogP contribution >= 0.6 is 0 Å². The van der Waals surface area contributed by atoms with E-state index in [1.54, 1.807) is 0 Å². The Balaban J connectivity index is 1.24. The number of hydrogen-bond donors (Lipinski definition) is 3. The van der Waals surface area contributed by atoms with E-state index < -0.39 is 0 Å². The molecule has 0 bridgehead atoms. The van der Waals surface area contributed by atoms with Crippen molar-refractivity contribution in [3.05, 3.63) is 24.3 Å². The maximum Gasteiger partial charge on any atom is 0.236 e.